The minimum atomic E-state index is 0. The summed E-state index contributed by atoms with van der Waals surface area (Å²) in [7, 11) is 0. The Kier molecular flexibility index (Phi) is 5.13. The molecule has 5 nitrogen and oxygen atoms in total. The maximum Gasteiger partial charge on any atom is 0.257 e. The lowest BCUT2D eigenvalue weighted by atomic mass is 9.98. The minimum Gasteiger partial charge on any atom is -0.338 e. The SMILES string of the molecule is Cc1ccc(C)c(-n2ncc(C(=O)N3CC4CCC(N)C4C3)c2C)c1.Cl. The van der Waals surface area contributed by atoms with Gasteiger partial charge < -0.3 is 10.6 Å². The molecule has 6 heteroatoms. The molecule has 2 fully saturated rings. The third-order valence-electron chi connectivity index (χ3n) is 6.03. The predicted molar refractivity (Wildman–Crippen MR) is 105 cm³/mol. The molecule has 1 aliphatic carbocycles. The van der Waals surface area contributed by atoms with Crippen molar-refractivity contribution in [2.24, 2.45) is 17.6 Å². The summed E-state index contributed by atoms with van der Waals surface area (Å²) in [5, 5.41) is 4.51. The lowest BCUT2D eigenvalue weighted by Gasteiger charge is -2.18. The van der Waals surface area contributed by atoms with Crippen molar-refractivity contribution in [2.45, 2.75) is 39.7 Å². The Morgan fingerprint density at radius 3 is 2.69 bits per heavy atom. The van der Waals surface area contributed by atoms with Crippen LogP contribution < -0.4 is 5.73 Å². The highest BCUT2D eigenvalue weighted by Gasteiger charge is 2.43. The molecule has 2 heterocycles. The monoisotopic (exact) mass is 374 g/mol. The number of nitrogens with zero attached hydrogens (tertiary/aromatic N) is 3. The van der Waals surface area contributed by atoms with E-state index in [9.17, 15) is 4.79 Å². The van der Waals surface area contributed by atoms with E-state index in [0.717, 1.165) is 42.9 Å². The van der Waals surface area contributed by atoms with Gasteiger partial charge in [0.2, 0.25) is 0 Å². The van der Waals surface area contributed by atoms with Gasteiger partial charge in [0.1, 0.15) is 0 Å². The van der Waals surface area contributed by atoms with Crippen molar-refractivity contribution in [3.8, 4) is 5.69 Å². The van der Waals surface area contributed by atoms with Crippen LogP contribution in [-0.4, -0.2) is 39.7 Å². The molecule has 1 aromatic carbocycles. The highest BCUT2D eigenvalue weighted by atomic mass is 35.5. The second kappa shape index (κ2) is 7.05. The molecule has 140 valence electrons. The fourth-order valence-corrected chi connectivity index (χ4v) is 4.45. The van der Waals surface area contributed by atoms with Crippen LogP contribution in [-0.2, 0) is 0 Å². The summed E-state index contributed by atoms with van der Waals surface area (Å²) in [6, 6.07) is 6.55. The predicted octanol–water partition coefficient (Wildman–Crippen LogP) is 3.03. The number of carbonyl (C=O) groups excluding carboxylic acids is 1. The minimum absolute atomic E-state index is 0. The van der Waals surface area contributed by atoms with Gasteiger partial charge in [-0.3, -0.25) is 4.79 Å². The topological polar surface area (TPSA) is 64.2 Å². The second-order valence-electron chi connectivity index (χ2n) is 7.72. The van der Waals surface area contributed by atoms with Crippen molar-refractivity contribution in [3.63, 3.8) is 0 Å². The Balaban J connectivity index is 0.00000196. The van der Waals surface area contributed by atoms with Crippen molar-refractivity contribution in [1.29, 1.82) is 0 Å². The van der Waals surface area contributed by atoms with Gasteiger partial charge in [-0.15, -0.1) is 12.4 Å². The molecule has 1 amide bonds. The molecule has 26 heavy (non-hydrogen) atoms. The lowest BCUT2D eigenvalue weighted by Crippen LogP contribution is -2.33. The Labute approximate surface area is 161 Å². The summed E-state index contributed by atoms with van der Waals surface area (Å²) in [5.41, 5.74) is 11.2. The highest BCUT2D eigenvalue weighted by Crippen LogP contribution is 2.37. The summed E-state index contributed by atoms with van der Waals surface area (Å²) in [4.78, 5) is 15.0. The Morgan fingerprint density at radius 2 is 1.96 bits per heavy atom. The molecule has 3 atom stereocenters. The molecule has 1 saturated heterocycles. The fraction of sp³-hybridized carbons (Fsp3) is 0.500. The number of fused-ring (bicyclic) bond motifs is 1. The third kappa shape index (κ3) is 3.03. The first kappa shape index (κ1) is 18.9. The van der Waals surface area contributed by atoms with E-state index >= 15 is 0 Å². The molecule has 2 aliphatic rings. The van der Waals surface area contributed by atoms with Gasteiger partial charge in [0, 0.05) is 19.1 Å². The Hall–Kier alpha value is -1.85. The normalized spacial score (nSPS) is 24.5. The van der Waals surface area contributed by atoms with E-state index in [1.807, 2.05) is 16.5 Å². The van der Waals surface area contributed by atoms with Crippen LogP contribution in [0.25, 0.3) is 5.69 Å². The maximum absolute atomic E-state index is 13.0. The van der Waals surface area contributed by atoms with E-state index in [2.05, 4.69) is 37.1 Å². The summed E-state index contributed by atoms with van der Waals surface area (Å²) >= 11 is 0. The number of benzene rings is 1. The van der Waals surface area contributed by atoms with Gasteiger partial charge in [-0.05, 0) is 62.6 Å². The van der Waals surface area contributed by atoms with Crippen LogP contribution >= 0.6 is 12.4 Å². The first-order valence-electron chi connectivity index (χ1n) is 9.13. The summed E-state index contributed by atoms with van der Waals surface area (Å²) < 4.78 is 1.89. The van der Waals surface area contributed by atoms with Gasteiger partial charge >= 0.3 is 0 Å². The summed E-state index contributed by atoms with van der Waals surface area (Å²) in [6.07, 6.45) is 3.96. The molecule has 0 radical (unpaired) electrons. The Morgan fingerprint density at radius 1 is 1.19 bits per heavy atom. The number of hydrogen-bond donors (Lipinski definition) is 1. The zero-order valence-corrected chi connectivity index (χ0v) is 16.4. The molecule has 1 aliphatic heterocycles. The van der Waals surface area contributed by atoms with E-state index in [4.69, 9.17) is 5.73 Å². The number of hydrogen-bond acceptors (Lipinski definition) is 3. The van der Waals surface area contributed by atoms with Gasteiger partial charge in [-0.2, -0.15) is 5.10 Å². The van der Waals surface area contributed by atoms with Crippen LogP contribution in [0.1, 0.15) is 40.0 Å². The second-order valence-corrected chi connectivity index (χ2v) is 7.72. The van der Waals surface area contributed by atoms with Crippen molar-refractivity contribution < 1.29 is 4.79 Å². The van der Waals surface area contributed by atoms with Crippen LogP contribution in [0.2, 0.25) is 0 Å². The van der Waals surface area contributed by atoms with Crippen molar-refractivity contribution in [1.82, 2.24) is 14.7 Å². The van der Waals surface area contributed by atoms with Crippen LogP contribution in [0.15, 0.2) is 24.4 Å². The van der Waals surface area contributed by atoms with Crippen LogP contribution in [0, 0.1) is 32.6 Å². The van der Waals surface area contributed by atoms with Crippen LogP contribution in [0.5, 0.6) is 0 Å². The van der Waals surface area contributed by atoms with E-state index < -0.39 is 0 Å². The number of aromatic nitrogens is 2. The zero-order valence-electron chi connectivity index (χ0n) is 15.6. The summed E-state index contributed by atoms with van der Waals surface area (Å²) in [6.45, 7) is 7.75. The molecule has 2 aromatic rings. The van der Waals surface area contributed by atoms with Crippen LogP contribution in [0.4, 0.5) is 0 Å². The van der Waals surface area contributed by atoms with Gasteiger partial charge in [-0.25, -0.2) is 4.68 Å². The van der Waals surface area contributed by atoms with E-state index in [1.165, 1.54) is 5.56 Å². The van der Waals surface area contributed by atoms with Gasteiger partial charge in [0.25, 0.3) is 5.91 Å². The van der Waals surface area contributed by atoms with Crippen LogP contribution in [0.3, 0.4) is 0 Å². The standard InChI is InChI=1S/C20H26N4O.ClH/c1-12-4-5-13(2)19(8-12)24-14(3)16(9-22-24)20(25)23-10-15-6-7-18(21)17(15)11-23;/h4-5,8-9,15,17-18H,6-7,10-11,21H2,1-3H3;1H. The Bertz CT molecular complexity index is 831. The molecule has 0 bridgehead atoms. The quantitative estimate of drug-likeness (QED) is 0.878. The smallest absolute Gasteiger partial charge is 0.257 e. The lowest BCUT2D eigenvalue weighted by molar-refractivity contribution is 0.0779. The van der Waals surface area contributed by atoms with Gasteiger partial charge in [0.15, 0.2) is 0 Å². The first-order chi connectivity index (χ1) is 12.0. The number of carbonyl (C=O) groups is 1. The largest absolute Gasteiger partial charge is 0.338 e. The molecular weight excluding hydrogens is 348 g/mol. The van der Waals surface area contributed by atoms with E-state index in [1.54, 1.807) is 6.20 Å². The number of likely N-dealkylation sites (tertiary alicyclic amines) is 1. The number of amides is 1. The fourth-order valence-electron chi connectivity index (χ4n) is 4.45. The maximum atomic E-state index is 13.0. The van der Waals surface area contributed by atoms with Gasteiger partial charge in [-0.1, -0.05) is 12.1 Å². The van der Waals surface area contributed by atoms with E-state index in [0.29, 0.717) is 17.4 Å². The third-order valence-corrected chi connectivity index (χ3v) is 6.03. The molecular formula is C20H27ClN4O. The van der Waals surface area contributed by atoms with Crippen molar-refractivity contribution in [2.75, 3.05) is 13.1 Å². The van der Waals surface area contributed by atoms with Crippen molar-refractivity contribution >= 4 is 18.3 Å². The molecule has 2 N–H and O–H groups in total. The zero-order chi connectivity index (χ0) is 17.7. The highest BCUT2D eigenvalue weighted by molar-refractivity contribution is 5.95. The number of nitrogens with two attached hydrogens (primary N) is 1. The summed E-state index contributed by atoms with van der Waals surface area (Å²) in [5.74, 6) is 1.14. The number of rotatable bonds is 2. The molecule has 3 unspecified atom stereocenters. The number of halogens is 1. The van der Waals surface area contributed by atoms with E-state index in [-0.39, 0.29) is 24.4 Å². The first-order valence-corrected chi connectivity index (χ1v) is 9.13. The molecule has 1 saturated carbocycles. The molecule has 0 spiro atoms. The average Bonchev–Trinajstić information content (AvgIpc) is 3.26. The molecule has 4 rings (SSSR count). The van der Waals surface area contributed by atoms with Gasteiger partial charge in [0.05, 0.1) is 23.1 Å². The average molecular weight is 375 g/mol. The molecule has 1 aromatic heterocycles. The van der Waals surface area contributed by atoms with Crippen molar-refractivity contribution in [3.05, 3.63) is 46.8 Å². The number of aryl methyl sites for hydroxylation is 2.